The first-order valence-corrected chi connectivity index (χ1v) is 5.84. The minimum absolute atomic E-state index is 0.0174. The fourth-order valence-corrected chi connectivity index (χ4v) is 1.91. The van der Waals surface area contributed by atoms with E-state index in [4.69, 9.17) is 0 Å². The van der Waals surface area contributed by atoms with Gasteiger partial charge in [0, 0.05) is 29.2 Å². The molecule has 3 nitrogen and oxygen atoms in total. The molecule has 0 unspecified atom stereocenters. The maximum absolute atomic E-state index is 12.4. The number of amides is 1. The number of nitrogens with one attached hydrogen (secondary N) is 1. The second kappa shape index (κ2) is 4.95. The SMILES string of the molecule is CCN(CC(F)(F)F)C(=O)c1ccc2[nH]ccc2c1. The first kappa shape index (κ1) is 13.5. The lowest BCUT2D eigenvalue weighted by Gasteiger charge is -2.22. The summed E-state index contributed by atoms with van der Waals surface area (Å²) < 4.78 is 37.1. The Bertz CT molecular complexity index is 589. The zero-order chi connectivity index (χ0) is 14.0. The van der Waals surface area contributed by atoms with Crippen LogP contribution >= 0.6 is 0 Å². The quantitative estimate of drug-likeness (QED) is 0.913. The molecule has 19 heavy (non-hydrogen) atoms. The Morgan fingerprint density at radius 3 is 2.68 bits per heavy atom. The summed E-state index contributed by atoms with van der Waals surface area (Å²) in [5, 5.41) is 0.800. The number of hydrogen-bond acceptors (Lipinski definition) is 1. The third-order valence-corrected chi connectivity index (χ3v) is 2.84. The van der Waals surface area contributed by atoms with Crippen LogP contribution in [-0.2, 0) is 0 Å². The highest BCUT2D eigenvalue weighted by Gasteiger charge is 2.32. The summed E-state index contributed by atoms with van der Waals surface area (Å²) in [6, 6.07) is 6.57. The molecule has 6 heteroatoms. The molecule has 1 aromatic heterocycles. The van der Waals surface area contributed by atoms with E-state index in [9.17, 15) is 18.0 Å². The van der Waals surface area contributed by atoms with E-state index in [1.807, 2.05) is 0 Å². The predicted molar refractivity (Wildman–Crippen MR) is 65.9 cm³/mol. The topological polar surface area (TPSA) is 36.1 Å². The summed E-state index contributed by atoms with van der Waals surface area (Å²) in [6.07, 6.45) is -2.67. The number of benzene rings is 1. The molecule has 102 valence electrons. The summed E-state index contributed by atoms with van der Waals surface area (Å²) in [6.45, 7) is 0.315. The summed E-state index contributed by atoms with van der Waals surface area (Å²) in [4.78, 5) is 15.8. The summed E-state index contributed by atoms with van der Waals surface area (Å²) in [5.74, 6) is -0.608. The number of halogens is 3. The first-order chi connectivity index (χ1) is 8.90. The van der Waals surface area contributed by atoms with E-state index < -0.39 is 18.6 Å². The molecule has 0 saturated heterocycles. The average Bonchev–Trinajstić information content (AvgIpc) is 2.81. The van der Waals surface area contributed by atoms with Gasteiger partial charge in [0.25, 0.3) is 5.91 Å². The van der Waals surface area contributed by atoms with Crippen LogP contribution in [-0.4, -0.2) is 35.1 Å². The number of carbonyl (C=O) groups is 1. The molecule has 0 spiro atoms. The number of alkyl halides is 3. The fourth-order valence-electron chi connectivity index (χ4n) is 1.91. The van der Waals surface area contributed by atoms with Gasteiger partial charge in [-0.1, -0.05) is 0 Å². The van der Waals surface area contributed by atoms with E-state index >= 15 is 0 Å². The molecule has 0 bridgehead atoms. The second-order valence-corrected chi connectivity index (χ2v) is 4.21. The van der Waals surface area contributed by atoms with Crippen LogP contribution < -0.4 is 0 Å². The highest BCUT2D eigenvalue weighted by Crippen LogP contribution is 2.20. The van der Waals surface area contributed by atoms with Gasteiger partial charge >= 0.3 is 6.18 Å². The zero-order valence-corrected chi connectivity index (χ0v) is 10.3. The zero-order valence-electron chi connectivity index (χ0n) is 10.3. The maximum Gasteiger partial charge on any atom is 0.406 e. The highest BCUT2D eigenvalue weighted by atomic mass is 19.4. The molecule has 0 fully saturated rings. The molecular formula is C13H13F3N2O. The molecule has 1 heterocycles. The predicted octanol–water partition coefficient (Wildman–Crippen LogP) is 3.19. The third-order valence-electron chi connectivity index (χ3n) is 2.84. The van der Waals surface area contributed by atoms with Gasteiger partial charge in [0.2, 0.25) is 0 Å². The van der Waals surface area contributed by atoms with Crippen LogP contribution in [0.25, 0.3) is 10.9 Å². The molecule has 0 radical (unpaired) electrons. The lowest BCUT2D eigenvalue weighted by Crippen LogP contribution is -2.38. The van der Waals surface area contributed by atoms with E-state index in [-0.39, 0.29) is 12.1 Å². The molecule has 2 aromatic rings. The summed E-state index contributed by atoms with van der Waals surface area (Å²) >= 11 is 0. The Morgan fingerprint density at radius 1 is 1.32 bits per heavy atom. The number of hydrogen-bond donors (Lipinski definition) is 1. The van der Waals surface area contributed by atoms with E-state index in [0.717, 1.165) is 15.8 Å². The number of rotatable bonds is 3. The van der Waals surface area contributed by atoms with Gasteiger partial charge in [-0.25, -0.2) is 0 Å². The molecule has 1 aromatic carbocycles. The van der Waals surface area contributed by atoms with Crippen molar-refractivity contribution >= 4 is 16.8 Å². The first-order valence-electron chi connectivity index (χ1n) is 5.84. The van der Waals surface area contributed by atoms with E-state index in [1.165, 1.54) is 13.0 Å². The highest BCUT2D eigenvalue weighted by molar-refractivity contribution is 5.98. The second-order valence-electron chi connectivity index (χ2n) is 4.21. The molecule has 0 atom stereocenters. The number of nitrogens with zero attached hydrogens (tertiary/aromatic N) is 1. The van der Waals surface area contributed by atoms with Crippen molar-refractivity contribution in [2.45, 2.75) is 13.1 Å². The molecular weight excluding hydrogens is 257 g/mol. The minimum atomic E-state index is -4.39. The standard InChI is InChI=1S/C13H13F3N2O/c1-2-18(8-13(14,15)16)12(19)10-3-4-11-9(7-10)5-6-17-11/h3-7,17H,2,8H2,1H3. The van der Waals surface area contributed by atoms with Crippen LogP contribution in [0, 0.1) is 0 Å². The number of aromatic amines is 1. The third kappa shape index (κ3) is 3.07. The van der Waals surface area contributed by atoms with Crippen molar-refractivity contribution in [1.29, 1.82) is 0 Å². The van der Waals surface area contributed by atoms with Crippen molar-refractivity contribution in [3.8, 4) is 0 Å². The van der Waals surface area contributed by atoms with Crippen molar-refractivity contribution in [3.05, 3.63) is 36.0 Å². The normalized spacial score (nSPS) is 11.8. The monoisotopic (exact) mass is 270 g/mol. The maximum atomic E-state index is 12.4. The lowest BCUT2D eigenvalue weighted by atomic mass is 10.1. The molecule has 0 aliphatic rings. The summed E-state index contributed by atoms with van der Waals surface area (Å²) in [7, 11) is 0. The Morgan fingerprint density at radius 2 is 2.05 bits per heavy atom. The van der Waals surface area contributed by atoms with Gasteiger partial charge < -0.3 is 9.88 Å². The smallest absolute Gasteiger partial charge is 0.361 e. The molecule has 2 rings (SSSR count). The number of fused-ring (bicyclic) bond motifs is 1. The molecule has 0 saturated carbocycles. The van der Waals surface area contributed by atoms with Crippen LogP contribution in [0.1, 0.15) is 17.3 Å². The number of H-pyrrole nitrogens is 1. The van der Waals surface area contributed by atoms with Gasteiger partial charge in [0.15, 0.2) is 0 Å². The van der Waals surface area contributed by atoms with Crippen LogP contribution in [0.4, 0.5) is 13.2 Å². The Kier molecular flexibility index (Phi) is 3.50. The van der Waals surface area contributed by atoms with E-state index in [0.29, 0.717) is 0 Å². The van der Waals surface area contributed by atoms with Gasteiger partial charge in [-0.05, 0) is 31.2 Å². The summed E-state index contributed by atoms with van der Waals surface area (Å²) in [5.41, 5.74) is 1.11. The van der Waals surface area contributed by atoms with Crippen molar-refractivity contribution in [2.24, 2.45) is 0 Å². The van der Waals surface area contributed by atoms with Crippen molar-refractivity contribution in [3.63, 3.8) is 0 Å². The Labute approximate surface area is 108 Å². The van der Waals surface area contributed by atoms with Crippen molar-refractivity contribution in [2.75, 3.05) is 13.1 Å². The fraction of sp³-hybridized carbons (Fsp3) is 0.308. The van der Waals surface area contributed by atoms with Crippen LogP contribution in [0.5, 0.6) is 0 Å². The van der Waals surface area contributed by atoms with Crippen LogP contribution in [0.15, 0.2) is 30.5 Å². The Balaban J connectivity index is 2.25. The minimum Gasteiger partial charge on any atom is -0.361 e. The van der Waals surface area contributed by atoms with Gasteiger partial charge in [-0.15, -0.1) is 0 Å². The van der Waals surface area contributed by atoms with Crippen LogP contribution in [0.2, 0.25) is 0 Å². The molecule has 1 amide bonds. The van der Waals surface area contributed by atoms with Gasteiger partial charge in [0.05, 0.1) is 0 Å². The average molecular weight is 270 g/mol. The molecule has 0 aliphatic carbocycles. The van der Waals surface area contributed by atoms with E-state index in [1.54, 1.807) is 24.4 Å². The molecule has 1 N–H and O–H groups in total. The van der Waals surface area contributed by atoms with Gasteiger partial charge in [0.1, 0.15) is 6.54 Å². The van der Waals surface area contributed by atoms with E-state index in [2.05, 4.69) is 4.98 Å². The molecule has 0 aliphatic heterocycles. The van der Waals surface area contributed by atoms with Crippen molar-refractivity contribution < 1.29 is 18.0 Å². The van der Waals surface area contributed by atoms with Gasteiger partial charge in [-0.2, -0.15) is 13.2 Å². The van der Waals surface area contributed by atoms with Gasteiger partial charge in [-0.3, -0.25) is 4.79 Å². The number of carbonyl (C=O) groups excluding carboxylic acids is 1. The number of aromatic nitrogens is 1. The Hall–Kier alpha value is -1.98. The lowest BCUT2D eigenvalue weighted by molar-refractivity contribution is -0.140. The van der Waals surface area contributed by atoms with Crippen LogP contribution in [0.3, 0.4) is 0 Å². The van der Waals surface area contributed by atoms with Crippen molar-refractivity contribution in [1.82, 2.24) is 9.88 Å². The largest absolute Gasteiger partial charge is 0.406 e.